The van der Waals surface area contributed by atoms with E-state index in [-0.39, 0.29) is 11.6 Å². The number of hydrogen-bond acceptors (Lipinski definition) is 4. The van der Waals surface area contributed by atoms with Crippen LogP contribution in [0.4, 0.5) is 5.69 Å². The molecule has 0 amide bonds. The summed E-state index contributed by atoms with van der Waals surface area (Å²) < 4.78 is 5.44. The number of amidine groups is 1. The molecular weight excluding hydrogens is 352 g/mol. The highest BCUT2D eigenvalue weighted by Gasteiger charge is 2.53. The number of methoxy groups -OCH3 is 1. The van der Waals surface area contributed by atoms with Crippen molar-refractivity contribution >= 4 is 28.3 Å². The van der Waals surface area contributed by atoms with Gasteiger partial charge in [-0.25, -0.2) is 4.98 Å². The second kappa shape index (κ2) is 6.48. The van der Waals surface area contributed by atoms with Crippen molar-refractivity contribution < 1.29 is 9.53 Å². The topological polar surface area (TPSA) is 82.1 Å². The number of aryl methyl sites for hydroxylation is 1. The Morgan fingerprint density at radius 3 is 2.68 bits per heavy atom. The van der Waals surface area contributed by atoms with Crippen LogP contribution in [0.5, 0.6) is 5.75 Å². The number of Topliss-reactive ketones (excluding diaryl/α,β-unsaturated/α-hetero) is 1. The fraction of sp³-hybridized carbons (Fsp3) is 0.318. The summed E-state index contributed by atoms with van der Waals surface area (Å²) in [5.74, 6) is 0.698. The molecule has 6 nitrogen and oxygen atoms in total. The first-order valence-corrected chi connectivity index (χ1v) is 9.42. The molecule has 0 radical (unpaired) electrons. The normalized spacial score (nSPS) is 18.9. The zero-order valence-corrected chi connectivity index (χ0v) is 16.5. The van der Waals surface area contributed by atoms with Crippen LogP contribution >= 0.6 is 0 Å². The number of para-hydroxylation sites is 2. The highest BCUT2D eigenvalue weighted by molar-refractivity contribution is 6.25. The minimum absolute atomic E-state index is 0.0441. The molecule has 0 bridgehead atoms. The first kappa shape index (κ1) is 18.2. The average molecular weight is 376 g/mol. The molecule has 2 N–H and O–H groups in total. The molecule has 0 saturated carbocycles. The maximum atomic E-state index is 13.3. The molecule has 2 heterocycles. The van der Waals surface area contributed by atoms with E-state index in [2.05, 4.69) is 16.9 Å². The largest absolute Gasteiger partial charge is 0.497 e. The number of carbonyl (C=O) groups excluding carboxylic acids is 1. The van der Waals surface area contributed by atoms with Gasteiger partial charge in [-0.2, -0.15) is 0 Å². The van der Waals surface area contributed by atoms with Crippen molar-refractivity contribution in [2.24, 2.45) is 0 Å². The molecule has 4 rings (SSSR count). The highest BCUT2D eigenvalue weighted by atomic mass is 16.5. The Labute approximate surface area is 164 Å². The van der Waals surface area contributed by atoms with Crippen molar-refractivity contribution in [2.75, 3.05) is 12.0 Å². The summed E-state index contributed by atoms with van der Waals surface area (Å²) in [5.41, 5.74) is 2.68. The van der Waals surface area contributed by atoms with Gasteiger partial charge in [0.2, 0.25) is 0 Å². The predicted molar refractivity (Wildman–Crippen MR) is 110 cm³/mol. The van der Waals surface area contributed by atoms with Gasteiger partial charge >= 0.3 is 0 Å². The number of aromatic nitrogens is 2. The second-order valence-electron chi connectivity index (χ2n) is 7.61. The minimum atomic E-state index is -0.863. The number of H-pyrrole nitrogens is 1. The molecule has 3 aromatic rings. The van der Waals surface area contributed by atoms with Crippen LogP contribution in [0.25, 0.3) is 11.0 Å². The molecule has 1 saturated heterocycles. The van der Waals surface area contributed by atoms with E-state index in [0.717, 1.165) is 34.5 Å². The molecule has 1 unspecified atom stereocenters. The van der Waals surface area contributed by atoms with Crippen LogP contribution < -0.4 is 9.64 Å². The van der Waals surface area contributed by atoms with Crippen molar-refractivity contribution in [3.8, 4) is 5.75 Å². The third-order valence-corrected chi connectivity index (χ3v) is 5.47. The Hall–Kier alpha value is -3.15. The SMILES string of the molecule is CCc1cc(OC)cc(N2C(=N)C(c3nc4ccccc4[nH]3)C(=O)C2(C)C)c1. The summed E-state index contributed by atoms with van der Waals surface area (Å²) >= 11 is 0. The Morgan fingerprint density at radius 2 is 2.00 bits per heavy atom. The minimum Gasteiger partial charge on any atom is -0.497 e. The van der Waals surface area contributed by atoms with Gasteiger partial charge in [0, 0.05) is 11.8 Å². The second-order valence-corrected chi connectivity index (χ2v) is 7.61. The van der Waals surface area contributed by atoms with Crippen LogP contribution in [0.3, 0.4) is 0 Å². The molecule has 0 aliphatic carbocycles. The number of fused-ring (bicyclic) bond motifs is 1. The number of ether oxygens (including phenoxy) is 1. The van der Waals surface area contributed by atoms with Crippen LogP contribution in [0, 0.1) is 5.41 Å². The summed E-state index contributed by atoms with van der Waals surface area (Å²) in [6.07, 6.45) is 0.840. The van der Waals surface area contributed by atoms with E-state index in [1.54, 1.807) is 12.0 Å². The molecule has 1 aliphatic rings. The fourth-order valence-corrected chi connectivity index (χ4v) is 3.94. The molecule has 28 heavy (non-hydrogen) atoms. The monoisotopic (exact) mass is 376 g/mol. The maximum Gasteiger partial charge on any atom is 0.176 e. The zero-order valence-electron chi connectivity index (χ0n) is 16.5. The van der Waals surface area contributed by atoms with E-state index in [9.17, 15) is 4.79 Å². The molecular formula is C22H24N4O2. The molecule has 0 spiro atoms. The third-order valence-electron chi connectivity index (χ3n) is 5.47. The van der Waals surface area contributed by atoms with Crippen LogP contribution in [0.15, 0.2) is 42.5 Å². The number of ketones is 1. The average Bonchev–Trinajstić information content (AvgIpc) is 3.17. The Morgan fingerprint density at radius 1 is 1.25 bits per heavy atom. The molecule has 1 aromatic heterocycles. The predicted octanol–water partition coefficient (Wildman–Crippen LogP) is 4.06. The van der Waals surface area contributed by atoms with Crippen molar-refractivity contribution in [1.29, 1.82) is 5.41 Å². The van der Waals surface area contributed by atoms with E-state index < -0.39 is 11.5 Å². The van der Waals surface area contributed by atoms with Crippen LogP contribution in [0.2, 0.25) is 0 Å². The summed E-state index contributed by atoms with van der Waals surface area (Å²) in [6, 6.07) is 13.5. The van der Waals surface area contributed by atoms with Crippen molar-refractivity contribution in [3.05, 3.63) is 53.9 Å². The summed E-state index contributed by atoms with van der Waals surface area (Å²) in [7, 11) is 1.63. The Bertz CT molecular complexity index is 1030. The lowest BCUT2D eigenvalue weighted by molar-refractivity contribution is -0.121. The van der Waals surface area contributed by atoms with Crippen molar-refractivity contribution in [2.45, 2.75) is 38.6 Å². The lowest BCUT2D eigenvalue weighted by Gasteiger charge is -2.32. The number of carbonyl (C=O) groups is 1. The molecule has 1 fully saturated rings. The van der Waals surface area contributed by atoms with Crippen LogP contribution in [-0.2, 0) is 11.2 Å². The number of rotatable bonds is 4. The van der Waals surface area contributed by atoms with Gasteiger partial charge in [-0.05, 0) is 50.1 Å². The standard InChI is InChI=1S/C22H24N4O2/c1-5-13-10-14(12-15(11-13)28-4)26-20(23)18(19(27)22(26,2)3)21-24-16-8-6-7-9-17(16)25-21/h6-12,18,23H,5H2,1-4H3,(H,24,25). The quantitative estimate of drug-likeness (QED) is 0.719. The molecule has 1 aliphatic heterocycles. The van der Waals surface area contributed by atoms with E-state index in [1.807, 2.05) is 56.3 Å². The lowest BCUT2D eigenvalue weighted by atomic mass is 9.93. The molecule has 144 valence electrons. The number of imidazole rings is 1. The van der Waals surface area contributed by atoms with E-state index >= 15 is 0 Å². The number of hydrogen-bond donors (Lipinski definition) is 2. The van der Waals surface area contributed by atoms with Gasteiger partial charge in [0.05, 0.1) is 18.1 Å². The molecule has 2 aromatic carbocycles. The van der Waals surface area contributed by atoms with Crippen LogP contribution in [-0.4, -0.2) is 34.2 Å². The van der Waals surface area contributed by atoms with Gasteiger partial charge in [0.25, 0.3) is 0 Å². The molecule has 1 atom stereocenters. The number of nitrogens with zero attached hydrogens (tertiary/aromatic N) is 2. The Balaban J connectivity index is 1.82. The number of benzene rings is 2. The maximum absolute atomic E-state index is 13.3. The number of aromatic amines is 1. The number of nitrogens with one attached hydrogen (secondary N) is 2. The van der Waals surface area contributed by atoms with Crippen LogP contribution in [0.1, 0.15) is 38.1 Å². The van der Waals surface area contributed by atoms with Gasteiger partial charge < -0.3 is 14.6 Å². The summed E-state index contributed by atoms with van der Waals surface area (Å²) in [4.78, 5) is 23.0. The first-order valence-electron chi connectivity index (χ1n) is 9.42. The van der Waals surface area contributed by atoms with Gasteiger partial charge in [-0.1, -0.05) is 19.1 Å². The van der Waals surface area contributed by atoms with Gasteiger partial charge in [-0.3, -0.25) is 10.2 Å². The van der Waals surface area contributed by atoms with E-state index in [0.29, 0.717) is 5.82 Å². The van der Waals surface area contributed by atoms with Crippen molar-refractivity contribution in [3.63, 3.8) is 0 Å². The van der Waals surface area contributed by atoms with Gasteiger partial charge in [-0.15, -0.1) is 0 Å². The Kier molecular flexibility index (Phi) is 4.22. The van der Waals surface area contributed by atoms with E-state index in [4.69, 9.17) is 10.1 Å². The summed E-state index contributed by atoms with van der Waals surface area (Å²) in [5, 5.41) is 8.86. The highest BCUT2D eigenvalue weighted by Crippen LogP contribution is 2.41. The smallest absolute Gasteiger partial charge is 0.176 e. The van der Waals surface area contributed by atoms with Crippen molar-refractivity contribution in [1.82, 2.24) is 9.97 Å². The fourth-order valence-electron chi connectivity index (χ4n) is 3.94. The zero-order chi connectivity index (χ0) is 20.1. The lowest BCUT2D eigenvalue weighted by Crippen LogP contribution is -2.44. The first-order chi connectivity index (χ1) is 13.4. The van der Waals surface area contributed by atoms with Gasteiger partial charge in [0.15, 0.2) is 5.78 Å². The van der Waals surface area contributed by atoms with Gasteiger partial charge in [0.1, 0.15) is 28.9 Å². The van der Waals surface area contributed by atoms with E-state index in [1.165, 1.54) is 0 Å². The molecule has 6 heteroatoms. The third kappa shape index (κ3) is 2.68. The summed E-state index contributed by atoms with van der Waals surface area (Å²) in [6.45, 7) is 5.79. The number of anilines is 1.